The number of ether oxygens (including phenoxy) is 2. The van der Waals surface area contributed by atoms with Crippen molar-refractivity contribution >= 4 is 29.3 Å². The van der Waals surface area contributed by atoms with Crippen molar-refractivity contribution in [2.75, 3.05) is 19.5 Å². The highest BCUT2D eigenvalue weighted by molar-refractivity contribution is 8.00. The number of carbonyl (C=O) groups excluding carboxylic acids is 2. The van der Waals surface area contributed by atoms with E-state index in [4.69, 9.17) is 15.2 Å². The summed E-state index contributed by atoms with van der Waals surface area (Å²) in [6, 6.07) is 5.08. The van der Waals surface area contributed by atoms with E-state index in [-0.39, 0.29) is 35.9 Å². The number of esters is 1. The molecule has 2 aliphatic heterocycles. The molecule has 10 heteroatoms. The maximum atomic E-state index is 12.6. The minimum absolute atomic E-state index is 0.0440. The van der Waals surface area contributed by atoms with Crippen LogP contribution in [0.15, 0.2) is 35.5 Å². The van der Waals surface area contributed by atoms with Crippen molar-refractivity contribution in [1.29, 1.82) is 0 Å². The Balaban J connectivity index is 1.73. The van der Waals surface area contributed by atoms with Crippen molar-refractivity contribution in [3.05, 3.63) is 51.2 Å². The lowest BCUT2D eigenvalue weighted by Gasteiger charge is -2.48. The average Bonchev–Trinajstić information content (AvgIpc) is 2.65. The Morgan fingerprint density at radius 2 is 2.08 bits per heavy atom. The molecule has 2 aliphatic rings. The van der Waals surface area contributed by atoms with Crippen LogP contribution in [-0.2, 0) is 25.7 Å². The molecule has 1 saturated heterocycles. The van der Waals surface area contributed by atoms with Crippen LogP contribution in [0.5, 0.6) is 0 Å². The Morgan fingerprint density at radius 1 is 1.38 bits per heavy atom. The van der Waals surface area contributed by atoms with Crippen LogP contribution in [-0.4, -0.2) is 52.6 Å². The van der Waals surface area contributed by atoms with Gasteiger partial charge in [-0.1, -0.05) is 0 Å². The molecule has 26 heavy (non-hydrogen) atoms. The third-order valence-corrected chi connectivity index (χ3v) is 5.48. The molecule has 0 radical (unpaired) electrons. The van der Waals surface area contributed by atoms with Gasteiger partial charge in [0.05, 0.1) is 11.5 Å². The molecule has 0 saturated carbocycles. The highest BCUT2D eigenvalue weighted by atomic mass is 32.2. The molecule has 2 N–H and O–H groups in total. The Labute approximate surface area is 153 Å². The zero-order valence-electron chi connectivity index (χ0n) is 13.9. The van der Waals surface area contributed by atoms with E-state index >= 15 is 0 Å². The summed E-state index contributed by atoms with van der Waals surface area (Å²) in [6.07, 6.45) is 0. The van der Waals surface area contributed by atoms with E-state index in [1.807, 2.05) is 0 Å². The van der Waals surface area contributed by atoms with Gasteiger partial charge in [0.25, 0.3) is 5.69 Å². The fourth-order valence-electron chi connectivity index (χ4n) is 2.78. The molecule has 0 aromatic heterocycles. The van der Waals surface area contributed by atoms with Crippen molar-refractivity contribution in [2.24, 2.45) is 5.73 Å². The molecule has 1 aromatic carbocycles. The number of carbonyl (C=O) groups is 2. The summed E-state index contributed by atoms with van der Waals surface area (Å²) < 4.78 is 10.4. The smallest absolute Gasteiger partial charge is 0.355 e. The summed E-state index contributed by atoms with van der Waals surface area (Å²) in [7, 11) is 1.51. The monoisotopic (exact) mass is 379 g/mol. The van der Waals surface area contributed by atoms with Crippen molar-refractivity contribution in [3.63, 3.8) is 0 Å². The minimum Gasteiger partial charge on any atom is -0.456 e. The predicted molar refractivity (Wildman–Crippen MR) is 92.9 cm³/mol. The third kappa shape index (κ3) is 3.30. The summed E-state index contributed by atoms with van der Waals surface area (Å²) in [5.74, 6) is -0.433. The molecule has 3 rings (SSSR count). The zero-order valence-corrected chi connectivity index (χ0v) is 14.7. The second-order valence-electron chi connectivity index (χ2n) is 5.82. The lowest BCUT2D eigenvalue weighted by atomic mass is 10.0. The molecule has 1 aromatic rings. The number of methoxy groups -OCH3 is 1. The molecular formula is C16H17N3O6S. The number of hydrogen-bond donors (Lipinski definition) is 1. The first kappa shape index (κ1) is 18.4. The van der Waals surface area contributed by atoms with Gasteiger partial charge in [0.1, 0.15) is 23.7 Å². The Hall–Kier alpha value is -2.43. The van der Waals surface area contributed by atoms with Gasteiger partial charge in [-0.15, -0.1) is 11.8 Å². The molecular weight excluding hydrogens is 362 g/mol. The van der Waals surface area contributed by atoms with E-state index in [1.54, 1.807) is 0 Å². The summed E-state index contributed by atoms with van der Waals surface area (Å²) in [6.45, 7) is 0.146. The van der Waals surface area contributed by atoms with Gasteiger partial charge in [-0.05, 0) is 23.3 Å². The number of nitro groups is 1. The van der Waals surface area contributed by atoms with Gasteiger partial charge in [-0.2, -0.15) is 0 Å². The molecule has 9 nitrogen and oxygen atoms in total. The molecule has 1 unspecified atom stereocenters. The maximum absolute atomic E-state index is 12.6. The highest BCUT2D eigenvalue weighted by Crippen LogP contribution is 2.39. The lowest BCUT2D eigenvalue weighted by molar-refractivity contribution is -0.384. The van der Waals surface area contributed by atoms with Gasteiger partial charge in [-0.25, -0.2) is 4.79 Å². The molecule has 138 valence electrons. The number of β-lactam (4-membered cyclic amide) rings is 1. The molecule has 0 aliphatic carbocycles. The number of non-ortho nitro benzene ring substituents is 1. The fourth-order valence-corrected chi connectivity index (χ4v) is 4.06. The summed E-state index contributed by atoms with van der Waals surface area (Å²) >= 11 is 1.48. The van der Waals surface area contributed by atoms with Crippen LogP contribution >= 0.6 is 11.8 Å². The Bertz CT molecular complexity index is 779. The zero-order chi connectivity index (χ0) is 18.8. The van der Waals surface area contributed by atoms with Crippen molar-refractivity contribution in [1.82, 2.24) is 4.90 Å². The quantitative estimate of drug-likeness (QED) is 0.333. The maximum Gasteiger partial charge on any atom is 0.355 e. The Morgan fingerprint density at radius 3 is 2.69 bits per heavy atom. The first-order valence-electron chi connectivity index (χ1n) is 7.75. The van der Waals surface area contributed by atoms with E-state index in [2.05, 4.69) is 0 Å². The molecule has 0 bridgehead atoms. The van der Waals surface area contributed by atoms with Gasteiger partial charge in [-0.3, -0.25) is 19.8 Å². The number of nitrogens with zero attached hydrogens (tertiary/aromatic N) is 2. The van der Waals surface area contributed by atoms with Crippen molar-refractivity contribution in [3.8, 4) is 0 Å². The first-order chi connectivity index (χ1) is 12.4. The van der Waals surface area contributed by atoms with Crippen LogP contribution in [0.25, 0.3) is 0 Å². The minimum atomic E-state index is -0.638. The topological polar surface area (TPSA) is 125 Å². The molecule has 2 heterocycles. The number of hydrogen-bond acceptors (Lipinski definition) is 8. The van der Waals surface area contributed by atoms with E-state index in [9.17, 15) is 19.7 Å². The largest absolute Gasteiger partial charge is 0.456 e. The number of rotatable bonds is 6. The van der Waals surface area contributed by atoms with Gasteiger partial charge in [0, 0.05) is 25.0 Å². The number of benzene rings is 1. The van der Waals surface area contributed by atoms with E-state index in [0.717, 1.165) is 0 Å². The summed E-state index contributed by atoms with van der Waals surface area (Å²) in [5, 5.41) is 10.4. The van der Waals surface area contributed by atoms with Crippen molar-refractivity contribution < 1.29 is 24.0 Å². The van der Waals surface area contributed by atoms with Crippen LogP contribution in [0.1, 0.15) is 5.56 Å². The molecule has 2 atom stereocenters. The Kier molecular flexibility index (Phi) is 5.25. The number of fused-ring (bicyclic) bond motifs is 1. The molecule has 0 spiro atoms. The number of thioether (sulfide) groups is 1. The van der Waals surface area contributed by atoms with E-state index in [0.29, 0.717) is 16.9 Å². The van der Waals surface area contributed by atoms with Gasteiger partial charge in [0.2, 0.25) is 5.91 Å². The molecule has 1 fully saturated rings. The fraction of sp³-hybridized carbons (Fsp3) is 0.375. The number of nitrogens with two attached hydrogens (primary N) is 1. The van der Waals surface area contributed by atoms with Gasteiger partial charge >= 0.3 is 5.97 Å². The van der Waals surface area contributed by atoms with E-state index < -0.39 is 16.9 Å². The first-order valence-corrected chi connectivity index (χ1v) is 8.80. The SMILES string of the molecule is COCC1=C(C(=O)OCc2ccc([N+](=O)[O-])cc2)N2C(=O)C(N)[C@H]2SC1. The normalized spacial score (nSPS) is 21.9. The summed E-state index contributed by atoms with van der Waals surface area (Å²) in [4.78, 5) is 36.2. The van der Waals surface area contributed by atoms with Crippen molar-refractivity contribution in [2.45, 2.75) is 18.0 Å². The van der Waals surface area contributed by atoms with Crippen LogP contribution in [0, 0.1) is 10.1 Å². The van der Waals surface area contributed by atoms with Crippen LogP contribution in [0.3, 0.4) is 0 Å². The lowest BCUT2D eigenvalue weighted by Crippen LogP contribution is -2.68. The average molecular weight is 379 g/mol. The number of amides is 1. The van der Waals surface area contributed by atoms with Crippen LogP contribution in [0.4, 0.5) is 5.69 Å². The van der Waals surface area contributed by atoms with E-state index in [1.165, 1.54) is 48.0 Å². The van der Waals surface area contributed by atoms with Crippen LogP contribution < -0.4 is 5.73 Å². The summed E-state index contributed by atoms with van der Waals surface area (Å²) in [5.41, 5.74) is 7.20. The van der Waals surface area contributed by atoms with Gasteiger partial charge in [0.15, 0.2) is 0 Å². The van der Waals surface area contributed by atoms with Crippen LogP contribution in [0.2, 0.25) is 0 Å². The van der Waals surface area contributed by atoms with Gasteiger partial charge < -0.3 is 15.2 Å². The number of nitro benzene ring substituents is 1. The molecule has 1 amide bonds. The third-order valence-electron chi connectivity index (χ3n) is 4.12. The second-order valence-corrected chi connectivity index (χ2v) is 6.93. The standard InChI is InChI=1S/C16H17N3O6S/c1-24-7-10-8-26-15-12(17)14(20)18(15)13(10)16(21)25-6-9-2-4-11(5-3-9)19(22)23/h2-5,12,15H,6-8,17H2,1H3/t12?,15-/m1/s1. The second kappa shape index (κ2) is 7.44. The predicted octanol–water partition coefficient (Wildman–Crippen LogP) is 0.781. The highest BCUT2D eigenvalue weighted by Gasteiger charge is 2.52.